The first-order chi connectivity index (χ1) is 9.47. The quantitative estimate of drug-likeness (QED) is 0.684. The molecule has 0 bridgehead atoms. The summed E-state index contributed by atoms with van der Waals surface area (Å²) in [7, 11) is 0. The molecule has 2 heterocycles. The third-order valence-corrected chi connectivity index (χ3v) is 5.04. The Morgan fingerprint density at radius 1 is 1.35 bits per heavy atom. The number of imidazole rings is 1. The number of hydrogen-bond acceptors (Lipinski definition) is 2. The first-order valence-electron chi connectivity index (χ1n) is 6.39. The molecule has 0 atom stereocenters. The molecule has 0 unspecified atom stereocenters. The molecule has 0 spiro atoms. The first-order valence-corrected chi connectivity index (χ1v) is 7.68. The van der Waals surface area contributed by atoms with Crippen LogP contribution in [0.15, 0.2) is 35.7 Å². The van der Waals surface area contributed by atoms with E-state index in [1.807, 2.05) is 4.57 Å². The van der Waals surface area contributed by atoms with Crippen molar-refractivity contribution in [1.29, 1.82) is 0 Å². The van der Waals surface area contributed by atoms with Gasteiger partial charge in [0.05, 0.1) is 11.0 Å². The van der Waals surface area contributed by atoms with Gasteiger partial charge in [0.15, 0.2) is 4.77 Å². The fourth-order valence-corrected chi connectivity index (χ4v) is 3.55. The number of nitrogens with zero attached hydrogens (tertiary/aromatic N) is 1. The highest BCUT2D eigenvalue weighted by molar-refractivity contribution is 7.71. The number of H-pyrrole nitrogens is 1. The molecular weight excluding hydrogens is 291 g/mol. The number of nitrogens with one attached hydrogen (secondary N) is 1. The van der Waals surface area contributed by atoms with E-state index in [-0.39, 0.29) is 11.2 Å². The molecule has 0 amide bonds. The molecule has 0 aliphatic rings. The van der Waals surface area contributed by atoms with Crippen LogP contribution in [0.25, 0.3) is 11.0 Å². The van der Waals surface area contributed by atoms with Gasteiger partial charge in [-0.3, -0.25) is 0 Å². The van der Waals surface area contributed by atoms with E-state index in [9.17, 15) is 4.39 Å². The maximum atomic E-state index is 13.3. The van der Waals surface area contributed by atoms with Gasteiger partial charge in [-0.15, -0.1) is 11.3 Å². The van der Waals surface area contributed by atoms with E-state index in [2.05, 4.69) is 36.3 Å². The molecule has 1 aromatic carbocycles. The van der Waals surface area contributed by atoms with E-state index in [0.717, 1.165) is 17.6 Å². The standard InChI is InChI=1S/C15H15FN2S2/c1-15(2,13-4-3-7-20-13)9-18-12-6-5-10(16)8-11(12)17-14(18)19/h3-8H,9H2,1-2H3,(H,17,19). The van der Waals surface area contributed by atoms with Crippen LogP contribution in [0.3, 0.4) is 0 Å². The Bertz CT molecular complexity index is 797. The number of benzene rings is 1. The van der Waals surface area contributed by atoms with E-state index >= 15 is 0 Å². The average Bonchev–Trinajstić information content (AvgIpc) is 2.99. The zero-order chi connectivity index (χ0) is 14.3. The molecule has 20 heavy (non-hydrogen) atoms. The monoisotopic (exact) mass is 306 g/mol. The average molecular weight is 306 g/mol. The molecule has 0 saturated carbocycles. The topological polar surface area (TPSA) is 20.7 Å². The van der Waals surface area contributed by atoms with Crippen molar-refractivity contribution in [2.24, 2.45) is 0 Å². The van der Waals surface area contributed by atoms with Crippen molar-refractivity contribution in [1.82, 2.24) is 9.55 Å². The molecule has 0 aliphatic carbocycles. The first kappa shape index (κ1) is 13.5. The number of aromatic nitrogens is 2. The van der Waals surface area contributed by atoms with E-state index in [4.69, 9.17) is 12.2 Å². The molecule has 3 rings (SSSR count). The molecule has 0 fully saturated rings. The van der Waals surface area contributed by atoms with Gasteiger partial charge in [-0.2, -0.15) is 0 Å². The predicted octanol–water partition coefficient (Wildman–Crippen LogP) is 4.88. The summed E-state index contributed by atoms with van der Waals surface area (Å²) >= 11 is 7.13. The summed E-state index contributed by atoms with van der Waals surface area (Å²) in [6.45, 7) is 5.16. The Hall–Kier alpha value is -1.46. The lowest BCUT2D eigenvalue weighted by Crippen LogP contribution is -2.23. The largest absolute Gasteiger partial charge is 0.330 e. The maximum absolute atomic E-state index is 13.3. The van der Waals surface area contributed by atoms with Crippen LogP contribution in [-0.4, -0.2) is 9.55 Å². The van der Waals surface area contributed by atoms with Crippen LogP contribution in [0.5, 0.6) is 0 Å². The van der Waals surface area contributed by atoms with Crippen molar-refractivity contribution in [3.8, 4) is 0 Å². The van der Waals surface area contributed by atoms with Crippen LogP contribution < -0.4 is 0 Å². The maximum Gasteiger partial charge on any atom is 0.178 e. The fraction of sp³-hybridized carbons (Fsp3) is 0.267. The fourth-order valence-electron chi connectivity index (χ4n) is 2.43. The Morgan fingerprint density at radius 3 is 2.85 bits per heavy atom. The zero-order valence-corrected chi connectivity index (χ0v) is 12.9. The summed E-state index contributed by atoms with van der Waals surface area (Å²) in [5.41, 5.74) is 1.67. The molecule has 0 aliphatic heterocycles. The molecular formula is C15H15FN2S2. The molecule has 3 aromatic rings. The van der Waals surface area contributed by atoms with Crippen molar-refractivity contribution in [2.45, 2.75) is 25.8 Å². The molecule has 104 valence electrons. The smallest absolute Gasteiger partial charge is 0.178 e. The van der Waals surface area contributed by atoms with Crippen molar-refractivity contribution < 1.29 is 4.39 Å². The SMILES string of the molecule is CC(C)(Cn1c(=S)[nH]c2cc(F)ccc21)c1cccs1. The third-order valence-electron chi connectivity index (χ3n) is 3.48. The molecule has 0 saturated heterocycles. The summed E-state index contributed by atoms with van der Waals surface area (Å²) in [5, 5.41) is 2.08. The van der Waals surface area contributed by atoms with Crippen molar-refractivity contribution >= 4 is 34.6 Å². The highest BCUT2D eigenvalue weighted by Crippen LogP contribution is 2.30. The number of aromatic amines is 1. The highest BCUT2D eigenvalue weighted by Gasteiger charge is 2.23. The van der Waals surface area contributed by atoms with Crippen molar-refractivity contribution in [3.05, 3.63) is 51.2 Å². The summed E-state index contributed by atoms with van der Waals surface area (Å²) in [5.74, 6) is -0.251. The van der Waals surface area contributed by atoms with Crippen LogP contribution in [0, 0.1) is 10.6 Å². The van der Waals surface area contributed by atoms with E-state index in [1.165, 1.54) is 17.0 Å². The van der Waals surface area contributed by atoms with Gasteiger partial charge in [0.25, 0.3) is 0 Å². The van der Waals surface area contributed by atoms with E-state index < -0.39 is 0 Å². The predicted molar refractivity (Wildman–Crippen MR) is 84.4 cm³/mol. The second-order valence-corrected chi connectivity index (χ2v) is 6.87. The third kappa shape index (κ3) is 2.31. The number of rotatable bonds is 3. The number of fused-ring (bicyclic) bond motifs is 1. The summed E-state index contributed by atoms with van der Waals surface area (Å²) in [6, 6.07) is 8.94. The molecule has 1 N–H and O–H groups in total. The number of hydrogen-bond donors (Lipinski definition) is 1. The second-order valence-electron chi connectivity index (χ2n) is 5.54. The minimum atomic E-state index is -0.251. The normalized spacial score (nSPS) is 12.2. The molecule has 5 heteroatoms. The summed E-state index contributed by atoms with van der Waals surface area (Å²) < 4.78 is 16.0. The zero-order valence-electron chi connectivity index (χ0n) is 11.3. The van der Waals surface area contributed by atoms with Gasteiger partial charge >= 0.3 is 0 Å². The van der Waals surface area contributed by atoms with Crippen LogP contribution in [-0.2, 0) is 12.0 Å². The number of thiophene rings is 1. The summed E-state index contributed by atoms with van der Waals surface area (Å²) in [6.07, 6.45) is 0. The van der Waals surface area contributed by atoms with Crippen LogP contribution in [0.4, 0.5) is 4.39 Å². The van der Waals surface area contributed by atoms with E-state index in [1.54, 1.807) is 17.4 Å². The Morgan fingerprint density at radius 2 is 2.15 bits per heavy atom. The van der Waals surface area contributed by atoms with E-state index in [0.29, 0.717) is 4.77 Å². The lowest BCUT2D eigenvalue weighted by molar-refractivity contribution is 0.447. The van der Waals surface area contributed by atoms with Gasteiger partial charge in [0.1, 0.15) is 5.82 Å². The van der Waals surface area contributed by atoms with Gasteiger partial charge in [-0.05, 0) is 41.9 Å². The number of halogens is 1. The van der Waals surface area contributed by atoms with Crippen LogP contribution in [0.1, 0.15) is 18.7 Å². The van der Waals surface area contributed by atoms with Crippen LogP contribution >= 0.6 is 23.6 Å². The van der Waals surface area contributed by atoms with Gasteiger partial charge in [0.2, 0.25) is 0 Å². The van der Waals surface area contributed by atoms with Crippen molar-refractivity contribution in [3.63, 3.8) is 0 Å². The lowest BCUT2D eigenvalue weighted by Gasteiger charge is -2.24. The Balaban J connectivity index is 2.07. The van der Waals surface area contributed by atoms with Gasteiger partial charge in [0, 0.05) is 16.8 Å². The minimum Gasteiger partial charge on any atom is -0.330 e. The lowest BCUT2D eigenvalue weighted by atomic mass is 9.91. The van der Waals surface area contributed by atoms with Gasteiger partial charge in [-0.25, -0.2) is 4.39 Å². The molecule has 2 aromatic heterocycles. The van der Waals surface area contributed by atoms with Gasteiger partial charge in [-0.1, -0.05) is 19.9 Å². The van der Waals surface area contributed by atoms with Crippen molar-refractivity contribution in [2.75, 3.05) is 0 Å². The second kappa shape index (κ2) is 4.82. The molecule has 0 radical (unpaired) electrons. The summed E-state index contributed by atoms with van der Waals surface area (Å²) in [4.78, 5) is 4.39. The Kier molecular flexibility index (Phi) is 3.26. The van der Waals surface area contributed by atoms with Crippen LogP contribution in [0.2, 0.25) is 0 Å². The minimum absolute atomic E-state index is 0.0180. The van der Waals surface area contributed by atoms with Gasteiger partial charge < -0.3 is 9.55 Å². The Labute approximate surface area is 125 Å². The molecule has 2 nitrogen and oxygen atoms in total. The highest BCUT2D eigenvalue weighted by atomic mass is 32.1.